The van der Waals surface area contributed by atoms with Gasteiger partial charge in [-0.15, -0.1) is 0 Å². The van der Waals surface area contributed by atoms with Crippen LogP contribution in [0.3, 0.4) is 0 Å². The summed E-state index contributed by atoms with van der Waals surface area (Å²) in [4.78, 5) is 27.5. The Labute approximate surface area is 182 Å². The zero-order valence-corrected chi connectivity index (χ0v) is 18.4. The van der Waals surface area contributed by atoms with Crippen LogP contribution < -0.4 is 15.4 Å². The van der Waals surface area contributed by atoms with Crippen molar-refractivity contribution in [1.82, 2.24) is 10.2 Å². The second kappa shape index (κ2) is 9.39. The number of piperidine rings is 1. The Morgan fingerprint density at radius 1 is 1.23 bits per heavy atom. The van der Waals surface area contributed by atoms with Crippen molar-refractivity contribution in [2.24, 2.45) is 5.41 Å². The fraction of sp³-hybridized carbons (Fsp3) is 0.391. The van der Waals surface area contributed by atoms with Crippen LogP contribution in [0.4, 0.5) is 10.5 Å². The first kappa shape index (κ1) is 22.0. The van der Waals surface area contributed by atoms with E-state index in [9.17, 15) is 9.59 Å². The molecule has 1 saturated heterocycles. The van der Waals surface area contributed by atoms with Crippen molar-refractivity contribution in [3.63, 3.8) is 0 Å². The summed E-state index contributed by atoms with van der Waals surface area (Å²) >= 11 is 6.15. The van der Waals surface area contributed by atoms with E-state index in [1.807, 2.05) is 44.2 Å². The molecule has 1 aliphatic heterocycles. The molecule has 0 bridgehead atoms. The molecule has 6 nitrogen and oxygen atoms in total. The number of likely N-dealkylation sites (tertiary alicyclic amines) is 1. The summed E-state index contributed by atoms with van der Waals surface area (Å²) in [6.45, 7) is 5.17. The van der Waals surface area contributed by atoms with Gasteiger partial charge in [0.15, 0.2) is 0 Å². The average Bonchev–Trinajstić information content (AvgIpc) is 2.75. The fourth-order valence-electron chi connectivity index (χ4n) is 3.71. The number of nitrogens with one attached hydrogen (secondary N) is 2. The summed E-state index contributed by atoms with van der Waals surface area (Å²) in [5, 5.41) is 6.55. The summed E-state index contributed by atoms with van der Waals surface area (Å²) in [5.74, 6) is 0.700. The molecule has 0 unspecified atom stereocenters. The van der Waals surface area contributed by atoms with E-state index < -0.39 is 5.41 Å². The van der Waals surface area contributed by atoms with E-state index in [0.29, 0.717) is 30.3 Å². The largest absolute Gasteiger partial charge is 0.497 e. The normalized spacial score (nSPS) is 18.6. The number of amides is 3. The van der Waals surface area contributed by atoms with Crippen LogP contribution in [0.2, 0.25) is 5.02 Å². The number of halogens is 1. The fourth-order valence-corrected chi connectivity index (χ4v) is 3.89. The number of benzene rings is 2. The molecule has 1 fully saturated rings. The van der Waals surface area contributed by atoms with Crippen LogP contribution in [0.25, 0.3) is 0 Å². The van der Waals surface area contributed by atoms with Crippen molar-refractivity contribution in [3.8, 4) is 5.75 Å². The molecule has 1 aliphatic rings. The van der Waals surface area contributed by atoms with Crippen LogP contribution >= 0.6 is 11.6 Å². The van der Waals surface area contributed by atoms with Gasteiger partial charge in [-0.1, -0.05) is 29.8 Å². The standard InChI is InChI=1S/C23H28ClN3O3/c1-16-19(24)9-5-10-20(16)26-22(29)27-12-6-11-23(2,15-27)21(28)25-14-17-7-4-8-18(13-17)30-3/h4-5,7-10,13H,6,11-12,14-15H2,1-3H3,(H,25,28)(H,26,29)/t23-/m0/s1. The van der Waals surface area contributed by atoms with E-state index in [1.54, 1.807) is 24.1 Å². The first-order valence-electron chi connectivity index (χ1n) is 10.0. The molecule has 0 spiro atoms. The minimum atomic E-state index is -0.641. The lowest BCUT2D eigenvalue weighted by Crippen LogP contribution is -2.52. The lowest BCUT2D eigenvalue weighted by molar-refractivity contribution is -0.132. The van der Waals surface area contributed by atoms with Crippen molar-refractivity contribution in [2.75, 3.05) is 25.5 Å². The average molecular weight is 430 g/mol. The van der Waals surface area contributed by atoms with Gasteiger partial charge in [0.1, 0.15) is 5.75 Å². The summed E-state index contributed by atoms with van der Waals surface area (Å²) in [6.07, 6.45) is 1.50. The number of rotatable bonds is 5. The van der Waals surface area contributed by atoms with Crippen molar-refractivity contribution >= 4 is 29.2 Å². The van der Waals surface area contributed by atoms with E-state index >= 15 is 0 Å². The monoisotopic (exact) mass is 429 g/mol. The lowest BCUT2D eigenvalue weighted by Gasteiger charge is -2.39. The van der Waals surface area contributed by atoms with Gasteiger partial charge in [-0.2, -0.15) is 0 Å². The van der Waals surface area contributed by atoms with Gasteiger partial charge < -0.3 is 20.3 Å². The molecule has 30 heavy (non-hydrogen) atoms. The van der Waals surface area contributed by atoms with Gasteiger partial charge in [-0.05, 0) is 62.1 Å². The van der Waals surface area contributed by atoms with Crippen LogP contribution in [0.15, 0.2) is 42.5 Å². The molecule has 1 atom stereocenters. The van der Waals surface area contributed by atoms with E-state index in [2.05, 4.69) is 10.6 Å². The maximum atomic E-state index is 13.0. The van der Waals surface area contributed by atoms with E-state index in [0.717, 1.165) is 29.7 Å². The molecule has 160 valence electrons. The van der Waals surface area contributed by atoms with Crippen LogP contribution in [0.5, 0.6) is 5.75 Å². The highest BCUT2D eigenvalue weighted by atomic mass is 35.5. The Bertz CT molecular complexity index is 934. The van der Waals surface area contributed by atoms with Gasteiger partial charge in [0.25, 0.3) is 0 Å². The number of urea groups is 1. The van der Waals surface area contributed by atoms with Crippen LogP contribution in [0.1, 0.15) is 30.9 Å². The van der Waals surface area contributed by atoms with Crippen molar-refractivity contribution in [3.05, 3.63) is 58.6 Å². The number of carbonyl (C=O) groups is 2. The lowest BCUT2D eigenvalue weighted by atomic mass is 9.81. The van der Waals surface area contributed by atoms with Gasteiger partial charge in [-0.25, -0.2) is 4.79 Å². The highest BCUT2D eigenvalue weighted by Gasteiger charge is 2.39. The first-order chi connectivity index (χ1) is 14.3. The number of methoxy groups -OCH3 is 1. The third kappa shape index (κ3) is 5.05. The predicted octanol–water partition coefficient (Wildman–Crippen LogP) is 4.61. The van der Waals surface area contributed by atoms with E-state index in [4.69, 9.17) is 16.3 Å². The third-order valence-electron chi connectivity index (χ3n) is 5.63. The summed E-state index contributed by atoms with van der Waals surface area (Å²) in [7, 11) is 1.62. The minimum absolute atomic E-state index is 0.0539. The second-order valence-electron chi connectivity index (χ2n) is 7.96. The molecule has 0 saturated carbocycles. The Morgan fingerprint density at radius 2 is 2.00 bits per heavy atom. The third-order valence-corrected chi connectivity index (χ3v) is 6.04. The molecule has 3 rings (SSSR count). The molecule has 2 aromatic rings. The molecular weight excluding hydrogens is 402 g/mol. The maximum Gasteiger partial charge on any atom is 0.321 e. The number of carbonyl (C=O) groups excluding carboxylic acids is 2. The topological polar surface area (TPSA) is 70.7 Å². The van der Waals surface area contributed by atoms with Crippen LogP contribution in [0, 0.1) is 12.3 Å². The van der Waals surface area contributed by atoms with Crippen molar-refractivity contribution in [2.45, 2.75) is 33.2 Å². The summed E-state index contributed by atoms with van der Waals surface area (Å²) < 4.78 is 5.23. The van der Waals surface area contributed by atoms with Gasteiger partial charge in [-0.3, -0.25) is 4.79 Å². The van der Waals surface area contributed by atoms with Crippen LogP contribution in [-0.2, 0) is 11.3 Å². The molecule has 0 radical (unpaired) electrons. The molecule has 2 aromatic carbocycles. The first-order valence-corrected chi connectivity index (χ1v) is 10.4. The molecule has 2 N–H and O–H groups in total. The van der Waals surface area contributed by atoms with Crippen molar-refractivity contribution in [1.29, 1.82) is 0 Å². The Hall–Kier alpha value is -2.73. The highest BCUT2D eigenvalue weighted by molar-refractivity contribution is 6.31. The Balaban J connectivity index is 1.62. The smallest absolute Gasteiger partial charge is 0.321 e. The van der Waals surface area contributed by atoms with Crippen LogP contribution in [-0.4, -0.2) is 37.0 Å². The van der Waals surface area contributed by atoms with Gasteiger partial charge in [0.05, 0.1) is 12.5 Å². The molecule has 1 heterocycles. The van der Waals surface area contributed by atoms with Gasteiger partial charge in [0, 0.05) is 30.3 Å². The van der Waals surface area contributed by atoms with E-state index in [1.165, 1.54) is 0 Å². The molecule has 3 amide bonds. The number of nitrogens with zero attached hydrogens (tertiary/aromatic N) is 1. The van der Waals surface area contributed by atoms with Gasteiger partial charge in [0.2, 0.25) is 5.91 Å². The number of ether oxygens (including phenoxy) is 1. The summed E-state index contributed by atoms with van der Waals surface area (Å²) in [5.41, 5.74) is 1.83. The van der Waals surface area contributed by atoms with Gasteiger partial charge >= 0.3 is 6.03 Å². The quantitative estimate of drug-likeness (QED) is 0.729. The zero-order chi connectivity index (χ0) is 21.7. The molecule has 0 aliphatic carbocycles. The summed E-state index contributed by atoms with van der Waals surface area (Å²) in [6, 6.07) is 12.8. The number of hydrogen-bond acceptors (Lipinski definition) is 3. The number of hydrogen-bond donors (Lipinski definition) is 2. The SMILES string of the molecule is COc1cccc(CNC(=O)[C@@]2(C)CCCN(C(=O)Nc3cccc(Cl)c3C)C2)c1. The molecular formula is C23H28ClN3O3. The second-order valence-corrected chi connectivity index (χ2v) is 8.37. The highest BCUT2D eigenvalue weighted by Crippen LogP contribution is 2.31. The van der Waals surface area contributed by atoms with Crippen molar-refractivity contribution < 1.29 is 14.3 Å². The molecule has 0 aromatic heterocycles. The number of anilines is 1. The maximum absolute atomic E-state index is 13.0. The Kier molecular flexibility index (Phi) is 6.87. The van der Waals surface area contributed by atoms with E-state index in [-0.39, 0.29) is 11.9 Å². The Morgan fingerprint density at radius 3 is 2.77 bits per heavy atom. The molecule has 7 heteroatoms. The minimum Gasteiger partial charge on any atom is -0.497 e. The zero-order valence-electron chi connectivity index (χ0n) is 17.6. The predicted molar refractivity (Wildman–Crippen MR) is 119 cm³/mol.